The second-order valence-corrected chi connectivity index (χ2v) is 5.10. The number of benzene rings is 1. The van der Waals surface area contributed by atoms with E-state index in [0.29, 0.717) is 11.1 Å². The van der Waals surface area contributed by atoms with Gasteiger partial charge in [-0.1, -0.05) is 29.3 Å². The van der Waals surface area contributed by atoms with Crippen LogP contribution in [0.4, 0.5) is 4.39 Å². The molecule has 0 aliphatic carbocycles. The van der Waals surface area contributed by atoms with Crippen molar-refractivity contribution in [2.45, 2.75) is 19.0 Å². The predicted octanol–water partition coefficient (Wildman–Crippen LogP) is 2.93. The highest BCUT2D eigenvalue weighted by atomic mass is 35.5. The Morgan fingerprint density at radius 2 is 2.18 bits per heavy atom. The van der Waals surface area contributed by atoms with Crippen molar-refractivity contribution in [1.82, 2.24) is 10.2 Å². The van der Waals surface area contributed by atoms with Crippen molar-refractivity contribution in [3.8, 4) is 0 Å². The van der Waals surface area contributed by atoms with Crippen molar-refractivity contribution in [1.29, 1.82) is 0 Å². The third kappa shape index (κ3) is 2.91. The Hall–Kier alpha value is -0.350. The molecular weight excluding hydrogens is 262 g/mol. The molecule has 0 aromatic heterocycles. The molecule has 1 aromatic rings. The van der Waals surface area contributed by atoms with E-state index in [1.165, 1.54) is 6.07 Å². The zero-order valence-corrected chi connectivity index (χ0v) is 11.2. The summed E-state index contributed by atoms with van der Waals surface area (Å²) >= 11 is 11.8. The van der Waals surface area contributed by atoms with Gasteiger partial charge in [-0.3, -0.25) is 4.90 Å². The number of rotatable bonds is 3. The summed E-state index contributed by atoms with van der Waals surface area (Å²) in [5.41, 5.74) is 0.884. The molecule has 1 aliphatic rings. The number of halogens is 3. The van der Waals surface area contributed by atoms with Gasteiger partial charge in [0.25, 0.3) is 0 Å². The first-order valence-electron chi connectivity index (χ1n) is 5.64. The van der Waals surface area contributed by atoms with Crippen molar-refractivity contribution < 1.29 is 4.39 Å². The number of likely N-dealkylation sites (N-methyl/N-ethyl adjacent to an activating group) is 1. The monoisotopic (exact) mass is 276 g/mol. The van der Waals surface area contributed by atoms with E-state index in [1.54, 1.807) is 6.07 Å². The van der Waals surface area contributed by atoms with Crippen molar-refractivity contribution in [2.75, 3.05) is 20.1 Å². The highest BCUT2D eigenvalue weighted by Gasteiger charge is 2.22. The van der Waals surface area contributed by atoms with Crippen LogP contribution in [0.3, 0.4) is 0 Å². The molecule has 1 unspecified atom stereocenters. The highest BCUT2D eigenvalue weighted by Crippen LogP contribution is 2.29. The summed E-state index contributed by atoms with van der Waals surface area (Å²) in [6.07, 6.45) is 1.13. The normalized spacial score (nSPS) is 21.1. The molecule has 0 radical (unpaired) electrons. The molecule has 0 bridgehead atoms. The third-order valence-corrected chi connectivity index (χ3v) is 4.09. The van der Waals surface area contributed by atoms with Crippen LogP contribution in [0.1, 0.15) is 12.0 Å². The van der Waals surface area contributed by atoms with E-state index in [0.717, 1.165) is 31.6 Å². The number of nitrogens with zero attached hydrogens (tertiary/aromatic N) is 1. The molecule has 1 heterocycles. The van der Waals surface area contributed by atoms with Crippen LogP contribution in [0.25, 0.3) is 0 Å². The van der Waals surface area contributed by atoms with Crippen molar-refractivity contribution in [3.63, 3.8) is 0 Å². The fourth-order valence-electron chi connectivity index (χ4n) is 2.14. The summed E-state index contributed by atoms with van der Waals surface area (Å²) in [6.45, 7) is 2.73. The minimum absolute atomic E-state index is 0.0218. The van der Waals surface area contributed by atoms with Gasteiger partial charge in [-0.2, -0.15) is 0 Å². The van der Waals surface area contributed by atoms with Gasteiger partial charge in [-0.05, 0) is 25.1 Å². The quantitative estimate of drug-likeness (QED) is 0.855. The fourth-order valence-corrected chi connectivity index (χ4v) is 2.54. The maximum Gasteiger partial charge on any atom is 0.143 e. The van der Waals surface area contributed by atoms with E-state index in [2.05, 4.69) is 10.2 Å². The van der Waals surface area contributed by atoms with Gasteiger partial charge in [0.2, 0.25) is 0 Å². The molecule has 2 rings (SSSR count). The van der Waals surface area contributed by atoms with Crippen molar-refractivity contribution in [2.24, 2.45) is 0 Å². The van der Waals surface area contributed by atoms with E-state index < -0.39 is 5.82 Å². The van der Waals surface area contributed by atoms with Gasteiger partial charge in [0.15, 0.2) is 0 Å². The largest absolute Gasteiger partial charge is 0.316 e. The molecule has 1 atom stereocenters. The van der Waals surface area contributed by atoms with Gasteiger partial charge in [-0.25, -0.2) is 4.39 Å². The van der Waals surface area contributed by atoms with E-state index in [1.807, 2.05) is 7.05 Å². The highest BCUT2D eigenvalue weighted by molar-refractivity contribution is 6.42. The molecule has 94 valence electrons. The first-order valence-corrected chi connectivity index (χ1v) is 6.39. The number of nitrogens with one attached hydrogen (secondary N) is 1. The lowest BCUT2D eigenvalue weighted by molar-refractivity contribution is 0.322. The molecule has 2 nitrogen and oxygen atoms in total. The zero-order valence-electron chi connectivity index (χ0n) is 9.64. The molecule has 17 heavy (non-hydrogen) atoms. The van der Waals surface area contributed by atoms with Gasteiger partial charge < -0.3 is 5.32 Å². The molecule has 1 saturated heterocycles. The molecule has 5 heteroatoms. The predicted molar refractivity (Wildman–Crippen MR) is 69.2 cm³/mol. The summed E-state index contributed by atoms with van der Waals surface area (Å²) in [4.78, 5) is 2.29. The molecular formula is C12H15Cl2FN2. The molecule has 1 aromatic carbocycles. The fraction of sp³-hybridized carbons (Fsp3) is 0.500. The Morgan fingerprint density at radius 1 is 1.41 bits per heavy atom. The smallest absolute Gasteiger partial charge is 0.143 e. The van der Waals surface area contributed by atoms with Crippen molar-refractivity contribution in [3.05, 3.63) is 33.6 Å². The summed E-state index contributed by atoms with van der Waals surface area (Å²) in [5.74, 6) is -0.463. The summed E-state index contributed by atoms with van der Waals surface area (Å²) in [6, 6.07) is 3.61. The molecule has 1 aliphatic heterocycles. The van der Waals surface area contributed by atoms with E-state index in [4.69, 9.17) is 23.2 Å². The number of likely N-dealkylation sites (tertiary alicyclic amines) is 1. The standard InChI is InChI=1S/C12H15Cl2FN2/c1-16-9-4-5-17(7-9)6-8-2-3-10(15)12(14)11(8)13/h2-3,9,16H,4-7H2,1H3. The Kier molecular flexibility index (Phi) is 4.26. The van der Waals surface area contributed by atoms with Crippen LogP contribution in [-0.4, -0.2) is 31.1 Å². The number of hydrogen-bond acceptors (Lipinski definition) is 2. The average molecular weight is 277 g/mol. The molecule has 1 N–H and O–H groups in total. The van der Waals surface area contributed by atoms with Crippen LogP contribution < -0.4 is 5.32 Å². The van der Waals surface area contributed by atoms with Crippen LogP contribution in [-0.2, 0) is 6.54 Å². The van der Waals surface area contributed by atoms with Crippen LogP contribution in [0, 0.1) is 5.82 Å². The molecule has 0 amide bonds. The second-order valence-electron chi connectivity index (χ2n) is 4.34. The summed E-state index contributed by atoms with van der Waals surface area (Å²) < 4.78 is 13.1. The van der Waals surface area contributed by atoms with E-state index in [9.17, 15) is 4.39 Å². The topological polar surface area (TPSA) is 15.3 Å². The summed E-state index contributed by atoms with van der Waals surface area (Å²) in [5, 5.41) is 3.61. The van der Waals surface area contributed by atoms with Crippen LogP contribution in [0.5, 0.6) is 0 Å². The Morgan fingerprint density at radius 3 is 2.82 bits per heavy atom. The number of hydrogen-bond donors (Lipinski definition) is 1. The van der Waals surface area contributed by atoms with Crippen LogP contribution in [0.2, 0.25) is 10.0 Å². The Labute approximate surface area is 111 Å². The molecule has 1 fully saturated rings. The zero-order chi connectivity index (χ0) is 12.4. The van der Waals surface area contributed by atoms with E-state index >= 15 is 0 Å². The summed E-state index contributed by atoms with van der Waals surface area (Å²) in [7, 11) is 1.97. The van der Waals surface area contributed by atoms with Gasteiger partial charge in [0, 0.05) is 25.7 Å². The Bertz CT molecular complexity index is 412. The second kappa shape index (κ2) is 5.53. The van der Waals surface area contributed by atoms with Crippen LogP contribution in [0.15, 0.2) is 12.1 Å². The van der Waals surface area contributed by atoms with Gasteiger partial charge in [0.1, 0.15) is 5.82 Å². The Balaban J connectivity index is 2.07. The molecule has 0 saturated carbocycles. The van der Waals surface area contributed by atoms with E-state index in [-0.39, 0.29) is 5.02 Å². The average Bonchev–Trinajstić information content (AvgIpc) is 2.78. The van der Waals surface area contributed by atoms with Gasteiger partial charge in [-0.15, -0.1) is 0 Å². The lowest BCUT2D eigenvalue weighted by Gasteiger charge is -2.17. The molecule has 0 spiro atoms. The van der Waals surface area contributed by atoms with Gasteiger partial charge in [0.05, 0.1) is 10.0 Å². The van der Waals surface area contributed by atoms with Crippen LogP contribution >= 0.6 is 23.2 Å². The first kappa shape index (κ1) is 13.1. The van der Waals surface area contributed by atoms with Gasteiger partial charge >= 0.3 is 0 Å². The lowest BCUT2D eigenvalue weighted by Crippen LogP contribution is -2.29. The van der Waals surface area contributed by atoms with Crippen molar-refractivity contribution >= 4 is 23.2 Å². The maximum absolute atomic E-state index is 13.1. The maximum atomic E-state index is 13.1. The lowest BCUT2D eigenvalue weighted by atomic mass is 10.2. The third-order valence-electron chi connectivity index (χ3n) is 3.19. The SMILES string of the molecule is CNC1CCN(Cc2ccc(F)c(Cl)c2Cl)C1. The minimum atomic E-state index is -0.463. The minimum Gasteiger partial charge on any atom is -0.316 e. The first-order chi connectivity index (χ1) is 8.11.